The molecule has 1 aromatic heterocycles. The van der Waals surface area contributed by atoms with Gasteiger partial charge in [0.05, 0.1) is 10.8 Å². The monoisotopic (exact) mass is 416 g/mol. The van der Waals surface area contributed by atoms with Crippen LogP contribution in [0.25, 0.3) is 0 Å². The number of rotatable bonds is 6. The SMILES string of the molecule is O=S(=O)(Cc1cc(F)cc(F)c1)NC1CCC(Oc2ccc(Cl)cn2)CC1. The van der Waals surface area contributed by atoms with Crippen LogP contribution in [0.5, 0.6) is 5.88 Å². The van der Waals surface area contributed by atoms with Crippen LogP contribution in [-0.4, -0.2) is 25.5 Å². The Morgan fingerprint density at radius 3 is 2.37 bits per heavy atom. The van der Waals surface area contributed by atoms with Crippen molar-refractivity contribution < 1.29 is 21.9 Å². The van der Waals surface area contributed by atoms with Gasteiger partial charge in [-0.15, -0.1) is 0 Å². The molecule has 1 N–H and O–H groups in total. The maximum Gasteiger partial charge on any atom is 0.216 e. The van der Waals surface area contributed by atoms with Crippen molar-refractivity contribution >= 4 is 21.6 Å². The summed E-state index contributed by atoms with van der Waals surface area (Å²) in [6.07, 6.45) is 4.02. The predicted octanol–water partition coefficient (Wildman–Crippen LogP) is 3.82. The second-order valence-electron chi connectivity index (χ2n) is 6.56. The number of hydrogen-bond acceptors (Lipinski definition) is 4. The lowest BCUT2D eigenvalue weighted by Gasteiger charge is -2.29. The molecular formula is C18H19ClF2N2O3S. The van der Waals surface area contributed by atoms with E-state index in [-0.39, 0.29) is 17.7 Å². The molecule has 1 saturated carbocycles. The van der Waals surface area contributed by atoms with Gasteiger partial charge in [0.2, 0.25) is 15.9 Å². The summed E-state index contributed by atoms with van der Waals surface area (Å²) in [6.45, 7) is 0. The van der Waals surface area contributed by atoms with Crippen molar-refractivity contribution in [3.05, 3.63) is 58.7 Å². The molecule has 1 aliphatic carbocycles. The minimum Gasteiger partial charge on any atom is -0.474 e. The molecule has 3 rings (SSSR count). The average Bonchev–Trinajstić information content (AvgIpc) is 2.57. The fourth-order valence-corrected chi connectivity index (χ4v) is 4.65. The van der Waals surface area contributed by atoms with E-state index in [1.807, 2.05) is 0 Å². The van der Waals surface area contributed by atoms with Crippen molar-refractivity contribution in [3.63, 3.8) is 0 Å². The fraction of sp³-hybridized carbons (Fsp3) is 0.389. The highest BCUT2D eigenvalue weighted by Gasteiger charge is 2.26. The number of aromatic nitrogens is 1. The molecule has 0 unspecified atom stereocenters. The molecule has 0 bridgehead atoms. The lowest BCUT2D eigenvalue weighted by Crippen LogP contribution is -2.40. The molecule has 9 heteroatoms. The molecule has 1 aliphatic rings. The van der Waals surface area contributed by atoms with Gasteiger partial charge in [0, 0.05) is 24.4 Å². The van der Waals surface area contributed by atoms with Gasteiger partial charge in [-0.3, -0.25) is 0 Å². The van der Waals surface area contributed by atoms with Crippen LogP contribution in [-0.2, 0) is 15.8 Å². The minimum absolute atomic E-state index is 0.0447. The molecular weight excluding hydrogens is 398 g/mol. The molecule has 0 amide bonds. The van der Waals surface area contributed by atoms with Crippen molar-refractivity contribution in [2.24, 2.45) is 0 Å². The number of halogens is 3. The normalized spacial score (nSPS) is 20.4. The Labute approximate surface area is 161 Å². The zero-order valence-corrected chi connectivity index (χ0v) is 15.9. The van der Waals surface area contributed by atoms with Gasteiger partial charge in [0.25, 0.3) is 0 Å². The molecule has 27 heavy (non-hydrogen) atoms. The number of benzene rings is 1. The molecule has 0 atom stereocenters. The van der Waals surface area contributed by atoms with E-state index in [9.17, 15) is 17.2 Å². The molecule has 1 aromatic carbocycles. The fourth-order valence-electron chi connectivity index (χ4n) is 3.11. The van der Waals surface area contributed by atoms with Crippen molar-refractivity contribution in [2.75, 3.05) is 0 Å². The highest BCUT2D eigenvalue weighted by atomic mass is 35.5. The van der Waals surface area contributed by atoms with E-state index in [0.29, 0.717) is 42.7 Å². The highest BCUT2D eigenvalue weighted by molar-refractivity contribution is 7.88. The van der Waals surface area contributed by atoms with E-state index in [2.05, 4.69) is 9.71 Å². The topological polar surface area (TPSA) is 68.3 Å². The smallest absolute Gasteiger partial charge is 0.216 e. The summed E-state index contributed by atoms with van der Waals surface area (Å²) < 4.78 is 59.4. The van der Waals surface area contributed by atoms with Gasteiger partial charge >= 0.3 is 0 Å². The van der Waals surface area contributed by atoms with Crippen molar-refractivity contribution in [3.8, 4) is 5.88 Å². The van der Waals surface area contributed by atoms with Gasteiger partial charge in [-0.25, -0.2) is 26.9 Å². The number of hydrogen-bond donors (Lipinski definition) is 1. The van der Waals surface area contributed by atoms with Crippen LogP contribution in [0.3, 0.4) is 0 Å². The van der Waals surface area contributed by atoms with Gasteiger partial charge in [0.15, 0.2) is 0 Å². The van der Waals surface area contributed by atoms with E-state index >= 15 is 0 Å². The van der Waals surface area contributed by atoms with Gasteiger partial charge in [-0.2, -0.15) is 0 Å². The van der Waals surface area contributed by atoms with Gasteiger partial charge < -0.3 is 4.74 Å². The van der Waals surface area contributed by atoms with Gasteiger partial charge in [0.1, 0.15) is 17.7 Å². The Morgan fingerprint density at radius 1 is 1.11 bits per heavy atom. The Kier molecular flexibility index (Phi) is 6.29. The number of ether oxygens (including phenoxy) is 1. The standard InChI is InChI=1S/C18H19ClF2N2O3S/c19-13-1-6-18(22-10-13)26-17-4-2-16(3-5-17)23-27(24,25)11-12-7-14(20)9-15(21)8-12/h1,6-10,16-17,23H,2-5,11H2. The number of nitrogens with zero attached hydrogens (tertiary/aromatic N) is 1. The van der Waals surface area contributed by atoms with Crippen molar-refractivity contribution in [2.45, 2.75) is 43.6 Å². The maximum atomic E-state index is 13.2. The summed E-state index contributed by atoms with van der Waals surface area (Å²) >= 11 is 5.79. The molecule has 0 aliphatic heterocycles. The van der Waals surface area contributed by atoms with Gasteiger partial charge in [-0.05, 0) is 49.4 Å². The van der Waals surface area contributed by atoms with Crippen LogP contribution in [0.1, 0.15) is 31.2 Å². The third-order valence-electron chi connectivity index (χ3n) is 4.29. The third-order valence-corrected chi connectivity index (χ3v) is 5.92. The number of pyridine rings is 1. The third kappa shape index (κ3) is 6.12. The van der Waals surface area contributed by atoms with Crippen LogP contribution in [0, 0.1) is 11.6 Å². The van der Waals surface area contributed by atoms with Crippen LogP contribution < -0.4 is 9.46 Å². The van der Waals surface area contributed by atoms with E-state index in [0.717, 1.165) is 12.1 Å². The Hall–Kier alpha value is -1.77. The summed E-state index contributed by atoms with van der Waals surface area (Å²) in [7, 11) is -3.70. The summed E-state index contributed by atoms with van der Waals surface area (Å²) in [5.74, 6) is -1.58. The number of sulfonamides is 1. The first kappa shape index (κ1) is 20.0. The summed E-state index contributed by atoms with van der Waals surface area (Å²) in [4.78, 5) is 4.08. The lowest BCUT2D eigenvalue weighted by atomic mass is 9.94. The molecule has 5 nitrogen and oxygen atoms in total. The average molecular weight is 417 g/mol. The highest BCUT2D eigenvalue weighted by Crippen LogP contribution is 2.24. The lowest BCUT2D eigenvalue weighted by molar-refractivity contribution is 0.138. The summed E-state index contributed by atoms with van der Waals surface area (Å²) in [5, 5.41) is 0.527. The van der Waals surface area contributed by atoms with E-state index in [1.165, 1.54) is 6.20 Å². The molecule has 0 spiro atoms. The quantitative estimate of drug-likeness (QED) is 0.777. The van der Waals surface area contributed by atoms with E-state index in [4.69, 9.17) is 16.3 Å². The van der Waals surface area contributed by atoms with Crippen LogP contribution in [0.4, 0.5) is 8.78 Å². The molecule has 146 valence electrons. The van der Waals surface area contributed by atoms with E-state index in [1.54, 1.807) is 12.1 Å². The maximum absolute atomic E-state index is 13.2. The molecule has 0 radical (unpaired) electrons. The van der Waals surface area contributed by atoms with Crippen LogP contribution in [0.2, 0.25) is 5.02 Å². The molecule has 1 heterocycles. The molecule has 1 fully saturated rings. The Balaban J connectivity index is 1.51. The van der Waals surface area contributed by atoms with Crippen LogP contribution in [0.15, 0.2) is 36.5 Å². The van der Waals surface area contributed by atoms with Crippen LogP contribution >= 0.6 is 11.6 Å². The predicted molar refractivity (Wildman–Crippen MR) is 98.0 cm³/mol. The first-order valence-corrected chi connectivity index (χ1v) is 10.6. The summed E-state index contributed by atoms with van der Waals surface area (Å²) in [5.41, 5.74) is 0.0748. The Bertz CT molecular complexity index is 866. The van der Waals surface area contributed by atoms with E-state index < -0.39 is 27.4 Å². The first-order chi connectivity index (χ1) is 12.8. The second kappa shape index (κ2) is 8.50. The zero-order chi connectivity index (χ0) is 19.4. The number of nitrogens with one attached hydrogen (secondary N) is 1. The zero-order valence-electron chi connectivity index (χ0n) is 14.4. The second-order valence-corrected chi connectivity index (χ2v) is 8.75. The van der Waals surface area contributed by atoms with Gasteiger partial charge in [-0.1, -0.05) is 11.6 Å². The Morgan fingerprint density at radius 2 is 1.78 bits per heavy atom. The molecule has 2 aromatic rings. The minimum atomic E-state index is -3.70. The van der Waals surface area contributed by atoms with Crippen molar-refractivity contribution in [1.82, 2.24) is 9.71 Å². The summed E-state index contributed by atoms with van der Waals surface area (Å²) in [6, 6.07) is 5.90. The largest absolute Gasteiger partial charge is 0.474 e. The first-order valence-electron chi connectivity index (χ1n) is 8.52. The molecule has 0 saturated heterocycles. The van der Waals surface area contributed by atoms with Crippen molar-refractivity contribution in [1.29, 1.82) is 0 Å².